The van der Waals surface area contributed by atoms with E-state index in [4.69, 9.17) is 0 Å². The molecule has 1 unspecified atom stereocenters. The third kappa shape index (κ3) is 2.98. The fourth-order valence-corrected chi connectivity index (χ4v) is 2.43. The number of fused-ring (bicyclic) bond motifs is 1. The van der Waals surface area contributed by atoms with Crippen LogP contribution in [0.5, 0.6) is 0 Å². The number of aromatic nitrogens is 4. The monoisotopic (exact) mass is 311 g/mol. The van der Waals surface area contributed by atoms with Crippen LogP contribution in [0.2, 0.25) is 0 Å². The zero-order chi connectivity index (χ0) is 16.4. The van der Waals surface area contributed by atoms with Gasteiger partial charge >= 0.3 is 0 Å². The van der Waals surface area contributed by atoms with Crippen molar-refractivity contribution in [2.24, 2.45) is 0 Å². The first kappa shape index (κ1) is 15.0. The summed E-state index contributed by atoms with van der Waals surface area (Å²) in [6, 6.07) is 9.90. The Morgan fingerprint density at radius 1 is 1.35 bits per heavy atom. The van der Waals surface area contributed by atoms with Crippen molar-refractivity contribution in [1.29, 1.82) is 0 Å². The van der Waals surface area contributed by atoms with Crippen molar-refractivity contribution in [2.75, 3.05) is 6.54 Å². The molecular weight excluding hydrogens is 294 g/mol. The third-order valence-electron chi connectivity index (χ3n) is 3.69. The Morgan fingerprint density at radius 2 is 2.09 bits per heavy atom. The van der Waals surface area contributed by atoms with Crippen LogP contribution in [0.25, 0.3) is 5.52 Å². The summed E-state index contributed by atoms with van der Waals surface area (Å²) in [5, 5.41) is 10.5. The van der Waals surface area contributed by atoms with Crippen LogP contribution in [0.15, 0.2) is 41.3 Å². The van der Waals surface area contributed by atoms with Crippen molar-refractivity contribution in [1.82, 2.24) is 25.1 Å². The van der Waals surface area contributed by atoms with Gasteiger partial charge in [0.2, 0.25) is 0 Å². The van der Waals surface area contributed by atoms with Crippen molar-refractivity contribution >= 4 is 11.4 Å². The molecule has 23 heavy (non-hydrogen) atoms. The SMILES string of the molecule is Cc1cn2nnc(C(=O)NCC(C)c3ccccc3)c2c(=O)[nH]1. The lowest BCUT2D eigenvalue weighted by Gasteiger charge is -2.12. The summed E-state index contributed by atoms with van der Waals surface area (Å²) in [6.45, 7) is 4.21. The van der Waals surface area contributed by atoms with Gasteiger partial charge in [-0.2, -0.15) is 0 Å². The van der Waals surface area contributed by atoms with Gasteiger partial charge in [0.15, 0.2) is 11.2 Å². The fourth-order valence-electron chi connectivity index (χ4n) is 2.43. The second-order valence-corrected chi connectivity index (χ2v) is 5.52. The van der Waals surface area contributed by atoms with E-state index in [1.165, 1.54) is 4.52 Å². The molecule has 7 heteroatoms. The van der Waals surface area contributed by atoms with Gasteiger partial charge in [-0.3, -0.25) is 9.59 Å². The summed E-state index contributed by atoms with van der Waals surface area (Å²) in [5.41, 5.74) is 1.59. The maximum Gasteiger partial charge on any atom is 0.276 e. The average Bonchev–Trinajstić information content (AvgIpc) is 2.97. The second kappa shape index (κ2) is 6.04. The zero-order valence-corrected chi connectivity index (χ0v) is 12.9. The summed E-state index contributed by atoms with van der Waals surface area (Å²) in [6.07, 6.45) is 1.62. The van der Waals surface area contributed by atoms with Gasteiger partial charge in [0.25, 0.3) is 11.5 Å². The lowest BCUT2D eigenvalue weighted by Crippen LogP contribution is -2.29. The molecule has 0 fully saturated rings. The molecule has 0 aliphatic heterocycles. The Bertz CT molecular complexity index is 898. The Labute approximate surface area is 132 Å². The highest BCUT2D eigenvalue weighted by molar-refractivity contribution is 5.98. The number of amides is 1. The van der Waals surface area contributed by atoms with Gasteiger partial charge < -0.3 is 10.3 Å². The molecule has 0 spiro atoms. The molecule has 7 nitrogen and oxygen atoms in total. The normalized spacial score (nSPS) is 12.3. The van der Waals surface area contributed by atoms with Crippen molar-refractivity contribution in [2.45, 2.75) is 19.8 Å². The van der Waals surface area contributed by atoms with E-state index in [2.05, 4.69) is 20.6 Å². The topological polar surface area (TPSA) is 92.2 Å². The van der Waals surface area contributed by atoms with E-state index in [9.17, 15) is 9.59 Å². The van der Waals surface area contributed by atoms with E-state index < -0.39 is 5.91 Å². The summed E-state index contributed by atoms with van der Waals surface area (Å²) in [4.78, 5) is 27.0. The third-order valence-corrected chi connectivity index (χ3v) is 3.69. The molecule has 2 N–H and O–H groups in total. The van der Waals surface area contributed by atoms with Crippen molar-refractivity contribution < 1.29 is 4.79 Å². The predicted octanol–water partition coefficient (Wildman–Crippen LogP) is 1.26. The summed E-state index contributed by atoms with van der Waals surface area (Å²) < 4.78 is 1.32. The molecule has 0 saturated carbocycles. The maximum absolute atomic E-state index is 12.3. The second-order valence-electron chi connectivity index (χ2n) is 5.52. The van der Waals surface area contributed by atoms with E-state index in [1.54, 1.807) is 13.1 Å². The minimum absolute atomic E-state index is 0.0338. The lowest BCUT2D eigenvalue weighted by molar-refractivity contribution is 0.0948. The highest BCUT2D eigenvalue weighted by Crippen LogP contribution is 2.13. The van der Waals surface area contributed by atoms with Crippen LogP contribution < -0.4 is 10.9 Å². The van der Waals surface area contributed by atoms with Crippen LogP contribution in [0.1, 0.15) is 34.6 Å². The van der Waals surface area contributed by atoms with Gasteiger partial charge in [-0.05, 0) is 18.4 Å². The number of nitrogens with zero attached hydrogens (tertiary/aromatic N) is 3. The van der Waals surface area contributed by atoms with E-state index in [0.29, 0.717) is 12.2 Å². The molecule has 0 saturated heterocycles. The minimum Gasteiger partial charge on any atom is -0.350 e. The lowest BCUT2D eigenvalue weighted by atomic mass is 10.0. The molecule has 1 aromatic carbocycles. The molecule has 0 aliphatic carbocycles. The highest BCUT2D eigenvalue weighted by Gasteiger charge is 2.18. The largest absolute Gasteiger partial charge is 0.350 e. The van der Waals surface area contributed by atoms with Gasteiger partial charge in [-0.15, -0.1) is 5.10 Å². The van der Waals surface area contributed by atoms with E-state index in [0.717, 1.165) is 5.56 Å². The fraction of sp³-hybridized carbons (Fsp3) is 0.250. The molecule has 0 radical (unpaired) electrons. The van der Waals surface area contributed by atoms with Crippen LogP contribution in [0.3, 0.4) is 0 Å². The maximum atomic E-state index is 12.3. The number of hydrogen-bond donors (Lipinski definition) is 2. The first-order chi connectivity index (χ1) is 11.1. The number of hydrogen-bond acceptors (Lipinski definition) is 4. The molecule has 118 valence electrons. The predicted molar refractivity (Wildman–Crippen MR) is 85.5 cm³/mol. The number of carbonyl (C=O) groups is 1. The Hall–Kier alpha value is -2.96. The van der Waals surface area contributed by atoms with Crippen LogP contribution in [0.4, 0.5) is 0 Å². The van der Waals surface area contributed by atoms with E-state index in [1.807, 2.05) is 37.3 Å². The van der Waals surface area contributed by atoms with Gasteiger partial charge in [-0.1, -0.05) is 42.5 Å². The van der Waals surface area contributed by atoms with Crippen molar-refractivity contribution in [3.63, 3.8) is 0 Å². The summed E-state index contributed by atoms with van der Waals surface area (Å²) >= 11 is 0. The van der Waals surface area contributed by atoms with Crippen LogP contribution in [-0.2, 0) is 0 Å². The highest BCUT2D eigenvalue weighted by atomic mass is 16.2. The van der Waals surface area contributed by atoms with Crippen LogP contribution in [-0.4, -0.2) is 32.3 Å². The van der Waals surface area contributed by atoms with Crippen LogP contribution in [0, 0.1) is 6.92 Å². The number of carbonyl (C=O) groups excluding carboxylic acids is 1. The number of rotatable bonds is 4. The number of H-pyrrole nitrogens is 1. The molecular formula is C16H17N5O2. The van der Waals surface area contributed by atoms with Gasteiger partial charge in [-0.25, -0.2) is 4.52 Å². The molecule has 0 aliphatic rings. The van der Waals surface area contributed by atoms with E-state index in [-0.39, 0.29) is 22.7 Å². The summed E-state index contributed by atoms with van der Waals surface area (Å²) in [5.74, 6) is -0.250. The smallest absolute Gasteiger partial charge is 0.276 e. The zero-order valence-electron chi connectivity index (χ0n) is 12.9. The standard InChI is InChI=1S/C16H17N5O2/c1-10(12-6-4-3-5-7-12)8-17-15(22)13-14-16(23)18-11(2)9-21(14)20-19-13/h3-7,9-10H,8H2,1-2H3,(H,17,22)(H,18,23). The Kier molecular flexibility index (Phi) is 3.92. The molecule has 3 rings (SSSR count). The molecule has 2 heterocycles. The molecule has 0 bridgehead atoms. The van der Waals surface area contributed by atoms with Crippen LogP contribution >= 0.6 is 0 Å². The van der Waals surface area contributed by atoms with Gasteiger partial charge in [0.05, 0.1) is 6.20 Å². The number of aromatic amines is 1. The number of aryl methyl sites for hydroxylation is 1. The Balaban J connectivity index is 1.78. The van der Waals surface area contributed by atoms with Gasteiger partial charge in [0.1, 0.15) is 0 Å². The molecule has 2 aromatic heterocycles. The van der Waals surface area contributed by atoms with Crippen molar-refractivity contribution in [3.8, 4) is 0 Å². The number of nitrogens with one attached hydrogen (secondary N) is 2. The minimum atomic E-state index is -0.405. The first-order valence-corrected chi connectivity index (χ1v) is 7.34. The van der Waals surface area contributed by atoms with Crippen molar-refractivity contribution in [3.05, 3.63) is 63.8 Å². The first-order valence-electron chi connectivity index (χ1n) is 7.34. The number of benzene rings is 1. The summed E-state index contributed by atoms with van der Waals surface area (Å²) in [7, 11) is 0. The average molecular weight is 311 g/mol. The molecule has 3 aromatic rings. The van der Waals surface area contributed by atoms with Gasteiger partial charge in [0, 0.05) is 12.2 Å². The van der Waals surface area contributed by atoms with E-state index >= 15 is 0 Å². The molecule has 1 atom stereocenters. The Morgan fingerprint density at radius 3 is 2.83 bits per heavy atom. The molecule has 1 amide bonds. The quantitative estimate of drug-likeness (QED) is 0.758.